The van der Waals surface area contributed by atoms with Crippen LogP contribution in [0.2, 0.25) is 0 Å². The van der Waals surface area contributed by atoms with E-state index in [1.54, 1.807) is 32.9 Å². The number of rotatable bonds is 21. The van der Waals surface area contributed by atoms with Crippen LogP contribution in [0.3, 0.4) is 0 Å². The minimum absolute atomic E-state index is 0.0197. The topological polar surface area (TPSA) is 241 Å². The molecule has 15 rings (SSSR count). The number of amides is 2. The summed E-state index contributed by atoms with van der Waals surface area (Å²) in [6, 6.07) is 48.1. The van der Waals surface area contributed by atoms with Gasteiger partial charge in [0.25, 0.3) is 10.1 Å². The maximum atomic E-state index is 12.7. The summed E-state index contributed by atoms with van der Waals surface area (Å²) in [5, 5.41) is 11.4. The van der Waals surface area contributed by atoms with Crippen molar-refractivity contribution in [2.24, 2.45) is 56.7 Å². The van der Waals surface area contributed by atoms with Crippen molar-refractivity contribution in [3.63, 3.8) is 0 Å². The number of carbonyl (C=O) groups is 7. The molecule has 2 N–H and O–H groups in total. The molecule has 2 saturated heterocycles. The second kappa shape index (κ2) is 41.6. The molecule has 19 heteroatoms. The van der Waals surface area contributed by atoms with E-state index < -0.39 is 50.1 Å². The van der Waals surface area contributed by atoms with E-state index in [9.17, 15) is 42.0 Å². The lowest BCUT2D eigenvalue weighted by atomic mass is 9.49. The van der Waals surface area contributed by atoms with E-state index in [2.05, 4.69) is 130 Å². The van der Waals surface area contributed by atoms with Gasteiger partial charge in [-0.15, -0.1) is 0 Å². The monoisotopic (exact) mass is 1640 g/mol. The number of hydrogen-bond donors (Lipinski definition) is 2. The second-order valence-electron chi connectivity index (χ2n) is 36.7. The number of ether oxygens (including phenoxy) is 5. The van der Waals surface area contributed by atoms with Crippen LogP contribution in [0.15, 0.2) is 154 Å². The number of esters is 5. The molecule has 2 amide bonds. The van der Waals surface area contributed by atoms with Gasteiger partial charge in [-0.3, -0.25) is 38.3 Å². The number of carbonyl (C=O) groups excluding carboxylic acids is 7. The Morgan fingerprint density at radius 3 is 1.51 bits per heavy atom. The van der Waals surface area contributed by atoms with Crippen molar-refractivity contribution < 1.29 is 75.0 Å². The van der Waals surface area contributed by atoms with E-state index in [0.29, 0.717) is 44.0 Å². The number of aryl methyl sites for hydroxylation is 1. The van der Waals surface area contributed by atoms with Crippen LogP contribution in [0.1, 0.15) is 294 Å². The standard InChI is InChI=1S/C19H17S.C18H26O2.C17H27NO2.C13H24O2.C10H14O5S.C10H16O4.C10H14O/c1-16-12-14-19(15-13-16)20(17-8-4-2-5-9-17)18-10-6-3-7-11-18;1-4-17(2,3)16(19)20-18(13-9-6-10-14-18)15-11-7-5-8-12-15;1-4-16(2,3)14(19)18-15(20)17-8-11-5-12(9-17)7-13(6-11)10-17;1-5-12(3,4)11(14)15-13(6-2)9-7-8-10-13;1-2-8(11)14-9-5-3-6-7(4-5)16(12,13)15-10(6)9;1-4-10(2,3)9(12)14-7-5-6-13-8(7)11;1-3-8(2)9-4-6-10(11)7-5-9/h2-15H,1H3;5,7-8,11-12H,4,6,9-10,13-14H2,1-3H3;11-13H,4-10H2,1-3H3,(H,18,19,20);5-10H2,1-4H3;5-7,9-10H,2-4H2,1H3;7H,4-6H2,1-3H3;4-8,11H,3H2,1-2H3/q+1;;;;;;. The SMILES string of the molecule is CCC(=O)OC1C2CC3C1OS(=O)(=O)C3C2.CCC(C)(C)C(=O)NC(=O)C12CC3CC(CC(C3)C1)C2.CCC(C)(C)C(=O)OC1(c2ccccc2)CCCCC1.CCC(C)(C)C(=O)OC1CCOC1=O.CCC(C)c1ccc(O)cc1.CCC1(OC(=O)C(C)(C)CC)CCCC1.Cc1ccc([S+](c2ccccc2)c2ccccc2)cc1. The third kappa shape index (κ3) is 24.5. The van der Waals surface area contributed by atoms with Crippen molar-refractivity contribution in [3.05, 3.63) is 156 Å². The molecule has 6 bridgehead atoms. The third-order valence-electron chi connectivity index (χ3n) is 26.7. The summed E-state index contributed by atoms with van der Waals surface area (Å²) in [5.74, 6) is 2.19. The molecule has 10 aliphatic rings. The first-order valence-electron chi connectivity index (χ1n) is 43.5. The fourth-order valence-electron chi connectivity index (χ4n) is 17.3. The van der Waals surface area contributed by atoms with Gasteiger partial charge in [0.1, 0.15) is 29.2 Å². The fourth-order valence-corrected chi connectivity index (χ4v) is 21.3. The van der Waals surface area contributed by atoms with Crippen molar-refractivity contribution in [1.82, 2.24) is 5.32 Å². The van der Waals surface area contributed by atoms with Gasteiger partial charge >= 0.3 is 29.8 Å². The second-order valence-corrected chi connectivity index (χ2v) is 40.5. The molecule has 0 aromatic heterocycles. The van der Waals surface area contributed by atoms with Gasteiger partial charge in [-0.05, 0) is 273 Å². The third-order valence-corrected chi connectivity index (χ3v) is 30.7. The van der Waals surface area contributed by atoms with Crippen LogP contribution in [0.4, 0.5) is 0 Å². The number of benzene rings is 5. The Hall–Kier alpha value is -7.35. The highest BCUT2D eigenvalue weighted by Gasteiger charge is 2.65. The molecule has 17 nitrogen and oxygen atoms in total. The van der Waals surface area contributed by atoms with E-state index in [0.717, 1.165) is 120 Å². The summed E-state index contributed by atoms with van der Waals surface area (Å²) in [6.45, 7) is 34.0. The first-order chi connectivity index (χ1) is 54.9. The molecule has 7 unspecified atom stereocenters. The van der Waals surface area contributed by atoms with Crippen LogP contribution in [0.5, 0.6) is 5.75 Å². The number of aromatic hydroxyl groups is 1. The van der Waals surface area contributed by atoms with Crippen molar-refractivity contribution >= 4 is 62.7 Å². The molecule has 5 aromatic rings. The average molecular weight is 1640 g/mol. The zero-order chi connectivity index (χ0) is 85.0. The Kier molecular flexibility index (Phi) is 33.7. The Bertz CT molecular complexity index is 4030. The molecule has 8 aliphatic carbocycles. The highest BCUT2D eigenvalue weighted by atomic mass is 32.2. The minimum Gasteiger partial charge on any atom is -0.508 e. The molecular formula is C97H138NO16S2+. The zero-order valence-electron chi connectivity index (χ0n) is 72.8. The summed E-state index contributed by atoms with van der Waals surface area (Å²) >= 11 is 0. The Morgan fingerprint density at radius 1 is 0.569 bits per heavy atom. The molecule has 8 saturated carbocycles. The number of phenols is 1. The van der Waals surface area contributed by atoms with Crippen LogP contribution < -0.4 is 5.32 Å². The molecule has 116 heavy (non-hydrogen) atoms. The number of nitrogens with one attached hydrogen (secondary N) is 1. The summed E-state index contributed by atoms with van der Waals surface area (Å²) in [7, 11) is -3.42. The van der Waals surface area contributed by atoms with Gasteiger partial charge in [-0.2, -0.15) is 8.42 Å². The highest BCUT2D eigenvalue weighted by Crippen LogP contribution is 2.60. The van der Waals surface area contributed by atoms with Crippen molar-refractivity contribution in [1.29, 1.82) is 0 Å². The first kappa shape index (κ1) is 94.1. The smallest absolute Gasteiger partial charge is 0.347 e. The number of cyclic esters (lactones) is 1. The molecule has 2 heterocycles. The van der Waals surface area contributed by atoms with Gasteiger partial charge in [0.15, 0.2) is 14.7 Å². The van der Waals surface area contributed by atoms with Gasteiger partial charge in [0.2, 0.25) is 17.9 Å². The number of phenolic OH excluding ortho intramolecular Hbond substituents is 1. The Balaban J connectivity index is 0.000000171. The fraction of sp³-hybridized carbons (Fsp3) is 0.619. The number of fused-ring (bicyclic) bond motifs is 1. The van der Waals surface area contributed by atoms with Gasteiger partial charge < -0.3 is 28.8 Å². The quantitative estimate of drug-likeness (QED) is 0.0300. The average Bonchev–Trinajstić information content (AvgIpc) is 1.50. The van der Waals surface area contributed by atoms with E-state index >= 15 is 0 Å². The molecule has 0 radical (unpaired) electrons. The maximum Gasteiger partial charge on any atom is 0.347 e. The summed E-state index contributed by atoms with van der Waals surface area (Å²) < 4.78 is 55.2. The highest BCUT2D eigenvalue weighted by molar-refractivity contribution is 7.97. The lowest BCUT2D eigenvalue weighted by molar-refractivity contribution is -0.176. The van der Waals surface area contributed by atoms with E-state index in [1.165, 1.54) is 64.3 Å². The number of hydrogen-bond acceptors (Lipinski definition) is 16. The van der Waals surface area contributed by atoms with E-state index in [1.807, 2.05) is 99.6 Å². The predicted octanol–water partition coefficient (Wildman–Crippen LogP) is 21.5. The van der Waals surface area contributed by atoms with Crippen molar-refractivity contribution in [3.8, 4) is 5.75 Å². The molecule has 638 valence electrons. The molecule has 0 spiro atoms. The lowest BCUT2D eigenvalue weighted by Gasteiger charge is -2.55. The Labute approximate surface area is 697 Å². The van der Waals surface area contributed by atoms with Gasteiger partial charge in [-0.1, -0.05) is 172 Å². The molecule has 2 aliphatic heterocycles. The van der Waals surface area contributed by atoms with E-state index in [4.69, 9.17) is 33.0 Å². The summed E-state index contributed by atoms with van der Waals surface area (Å²) in [5.41, 5.74) is 1.30. The first-order valence-corrected chi connectivity index (χ1v) is 46.2. The van der Waals surface area contributed by atoms with Crippen LogP contribution in [-0.2, 0) is 88.0 Å². The number of imide groups is 1. The van der Waals surface area contributed by atoms with Crippen LogP contribution >= 0.6 is 0 Å². The van der Waals surface area contributed by atoms with Crippen LogP contribution in [0, 0.1) is 63.6 Å². The van der Waals surface area contributed by atoms with Gasteiger partial charge in [-0.25, -0.2) is 4.79 Å². The molecule has 7 atom stereocenters. The lowest BCUT2D eigenvalue weighted by Crippen LogP contribution is -2.55. The normalized spacial score (nSPS) is 24.7. The van der Waals surface area contributed by atoms with E-state index in [-0.39, 0.29) is 86.2 Å². The molecular weight excluding hydrogens is 1500 g/mol. The molecule has 5 aromatic carbocycles. The van der Waals surface area contributed by atoms with Crippen LogP contribution in [0.25, 0.3) is 0 Å². The molecule has 10 fully saturated rings. The van der Waals surface area contributed by atoms with Gasteiger partial charge in [0.05, 0.1) is 44.4 Å². The maximum absolute atomic E-state index is 12.7. The predicted molar refractivity (Wildman–Crippen MR) is 457 cm³/mol. The summed E-state index contributed by atoms with van der Waals surface area (Å²) in [6.07, 6.45) is 22.9. The Morgan fingerprint density at radius 2 is 1.04 bits per heavy atom. The van der Waals surface area contributed by atoms with Crippen molar-refractivity contribution in [2.75, 3.05) is 6.61 Å². The minimum atomic E-state index is -3.40. The zero-order valence-corrected chi connectivity index (χ0v) is 74.5. The summed E-state index contributed by atoms with van der Waals surface area (Å²) in [4.78, 5) is 87.5. The van der Waals surface area contributed by atoms with Crippen molar-refractivity contribution in [2.45, 2.75) is 334 Å². The van der Waals surface area contributed by atoms with Gasteiger partial charge in [0, 0.05) is 30.1 Å². The van der Waals surface area contributed by atoms with Crippen LogP contribution in [-0.4, -0.2) is 91.0 Å². The largest absolute Gasteiger partial charge is 0.508 e.